The molecule has 0 N–H and O–H groups in total. The van der Waals surface area contributed by atoms with E-state index in [9.17, 15) is 4.79 Å². The average Bonchev–Trinajstić information content (AvgIpc) is 3.39. The number of hydrogen-bond acceptors (Lipinski definition) is 6. The van der Waals surface area contributed by atoms with Crippen molar-refractivity contribution in [2.24, 2.45) is 5.92 Å². The Kier molecular flexibility index (Phi) is 6.02. The van der Waals surface area contributed by atoms with Crippen molar-refractivity contribution in [3.8, 4) is 0 Å². The molecule has 0 bridgehead atoms. The fraction of sp³-hybridized carbons (Fsp3) is 0.478. The van der Waals surface area contributed by atoms with Gasteiger partial charge in [-0.1, -0.05) is 23.5 Å². The molecule has 1 aromatic carbocycles. The Morgan fingerprint density at radius 2 is 1.90 bits per heavy atom. The van der Waals surface area contributed by atoms with Gasteiger partial charge in [-0.25, -0.2) is 4.98 Å². The summed E-state index contributed by atoms with van der Waals surface area (Å²) < 4.78 is 1.24. The highest BCUT2D eigenvalue weighted by Crippen LogP contribution is 2.31. The van der Waals surface area contributed by atoms with E-state index in [0.717, 1.165) is 75.7 Å². The van der Waals surface area contributed by atoms with E-state index in [2.05, 4.69) is 49.7 Å². The van der Waals surface area contributed by atoms with Gasteiger partial charge < -0.3 is 9.80 Å². The minimum Gasteiger partial charge on any atom is -0.348 e. The first-order chi connectivity index (χ1) is 14.8. The van der Waals surface area contributed by atoms with E-state index in [1.165, 1.54) is 10.3 Å². The van der Waals surface area contributed by atoms with Crippen LogP contribution in [0.3, 0.4) is 0 Å². The maximum absolute atomic E-state index is 13.2. The van der Waals surface area contributed by atoms with Gasteiger partial charge >= 0.3 is 0 Å². The lowest BCUT2D eigenvalue weighted by molar-refractivity contribution is -0.136. The molecule has 2 aromatic heterocycles. The molecule has 0 spiro atoms. The van der Waals surface area contributed by atoms with Gasteiger partial charge in [-0.15, -0.1) is 0 Å². The highest BCUT2D eigenvalue weighted by molar-refractivity contribution is 7.22. The van der Waals surface area contributed by atoms with Gasteiger partial charge in [0.25, 0.3) is 0 Å². The van der Waals surface area contributed by atoms with E-state index >= 15 is 0 Å². The Morgan fingerprint density at radius 3 is 2.70 bits per heavy atom. The molecule has 0 aliphatic carbocycles. The summed E-state index contributed by atoms with van der Waals surface area (Å²) in [6.07, 6.45) is 2.94. The molecule has 158 valence electrons. The lowest BCUT2D eigenvalue weighted by atomic mass is 9.95. The fourth-order valence-corrected chi connectivity index (χ4v) is 6.24. The van der Waals surface area contributed by atoms with Crippen LogP contribution in [0.5, 0.6) is 0 Å². The molecule has 3 aromatic rings. The molecule has 5 rings (SSSR count). The number of thiophene rings is 1. The van der Waals surface area contributed by atoms with Crippen molar-refractivity contribution >= 4 is 43.9 Å². The quantitative estimate of drug-likeness (QED) is 0.606. The van der Waals surface area contributed by atoms with Gasteiger partial charge in [0.2, 0.25) is 5.91 Å². The van der Waals surface area contributed by atoms with Crippen LogP contribution >= 0.6 is 22.7 Å². The van der Waals surface area contributed by atoms with Crippen molar-refractivity contribution in [2.75, 3.05) is 44.2 Å². The van der Waals surface area contributed by atoms with Gasteiger partial charge in [0.1, 0.15) is 0 Å². The Balaban J connectivity index is 1.14. The van der Waals surface area contributed by atoms with Crippen molar-refractivity contribution in [3.63, 3.8) is 0 Å². The number of carbonyl (C=O) groups excluding carboxylic acids is 1. The van der Waals surface area contributed by atoms with Crippen molar-refractivity contribution in [1.29, 1.82) is 0 Å². The van der Waals surface area contributed by atoms with E-state index < -0.39 is 0 Å². The summed E-state index contributed by atoms with van der Waals surface area (Å²) in [6.45, 7) is 6.68. The van der Waals surface area contributed by atoms with Gasteiger partial charge in [-0.05, 0) is 53.8 Å². The molecular formula is C23H28N4OS2. The lowest BCUT2D eigenvalue weighted by Crippen LogP contribution is -2.43. The third-order valence-corrected chi connectivity index (χ3v) is 8.11. The van der Waals surface area contributed by atoms with Crippen LogP contribution in [-0.2, 0) is 11.3 Å². The van der Waals surface area contributed by atoms with Crippen molar-refractivity contribution < 1.29 is 4.79 Å². The number of thiazole rings is 1. The summed E-state index contributed by atoms with van der Waals surface area (Å²) in [5, 5.41) is 5.47. The molecule has 5 nitrogen and oxygen atoms in total. The zero-order chi connectivity index (χ0) is 20.3. The second-order valence-corrected chi connectivity index (χ2v) is 10.1. The first-order valence-corrected chi connectivity index (χ1v) is 12.6. The molecule has 2 saturated heterocycles. The third-order valence-electron chi connectivity index (χ3n) is 6.28. The maximum Gasteiger partial charge on any atom is 0.225 e. The van der Waals surface area contributed by atoms with E-state index in [0.29, 0.717) is 5.91 Å². The van der Waals surface area contributed by atoms with Gasteiger partial charge in [0.15, 0.2) is 5.13 Å². The maximum atomic E-state index is 13.2. The number of fused-ring (bicyclic) bond motifs is 1. The van der Waals surface area contributed by atoms with Crippen molar-refractivity contribution in [3.05, 3.63) is 46.7 Å². The predicted octanol–water partition coefficient (Wildman–Crippen LogP) is 4.31. The van der Waals surface area contributed by atoms with Gasteiger partial charge in [-0.3, -0.25) is 9.69 Å². The number of amides is 1. The van der Waals surface area contributed by atoms with Crippen LogP contribution in [0.2, 0.25) is 0 Å². The fourth-order valence-electron chi connectivity index (χ4n) is 4.56. The zero-order valence-corrected chi connectivity index (χ0v) is 18.8. The van der Waals surface area contributed by atoms with Crippen LogP contribution in [-0.4, -0.2) is 60.0 Å². The van der Waals surface area contributed by atoms with Crippen LogP contribution in [0.4, 0.5) is 5.13 Å². The standard InChI is InChI=1S/C23H28N4OS2/c28-22(26-10-3-9-25(13-14-26)16-18-8-15-29-17-18)19-6-11-27(12-7-19)23-24-20-4-1-2-5-21(20)30-23/h1-2,4-5,8,15,17,19H,3,6-7,9-14,16H2. The van der Waals surface area contributed by atoms with Crippen LogP contribution in [0.1, 0.15) is 24.8 Å². The number of rotatable bonds is 4. The number of para-hydroxylation sites is 1. The minimum absolute atomic E-state index is 0.166. The molecule has 2 aliphatic heterocycles. The second-order valence-electron chi connectivity index (χ2n) is 8.31. The van der Waals surface area contributed by atoms with E-state index in [-0.39, 0.29) is 5.92 Å². The number of anilines is 1. The predicted molar refractivity (Wildman–Crippen MR) is 125 cm³/mol. The molecule has 2 aliphatic rings. The SMILES string of the molecule is O=C(C1CCN(c2nc3ccccc3s2)CC1)N1CCCN(Cc2ccsc2)CC1. The normalized spacial score (nSPS) is 19.3. The minimum atomic E-state index is 0.166. The molecular weight excluding hydrogens is 412 g/mol. The molecule has 0 unspecified atom stereocenters. The monoisotopic (exact) mass is 440 g/mol. The highest BCUT2D eigenvalue weighted by Gasteiger charge is 2.30. The molecule has 7 heteroatoms. The molecule has 0 atom stereocenters. The Morgan fingerprint density at radius 1 is 1.03 bits per heavy atom. The molecule has 0 radical (unpaired) electrons. The smallest absolute Gasteiger partial charge is 0.225 e. The molecule has 2 fully saturated rings. The van der Waals surface area contributed by atoms with E-state index in [4.69, 9.17) is 4.98 Å². The van der Waals surface area contributed by atoms with Crippen molar-refractivity contribution in [1.82, 2.24) is 14.8 Å². The number of aromatic nitrogens is 1. The topological polar surface area (TPSA) is 39.7 Å². The second kappa shape index (κ2) is 9.04. The van der Waals surface area contributed by atoms with Crippen LogP contribution in [0.25, 0.3) is 10.2 Å². The number of piperidine rings is 1. The molecule has 30 heavy (non-hydrogen) atoms. The van der Waals surface area contributed by atoms with Gasteiger partial charge in [0.05, 0.1) is 10.2 Å². The summed E-state index contributed by atoms with van der Waals surface area (Å²) in [4.78, 5) is 25.0. The van der Waals surface area contributed by atoms with Gasteiger partial charge in [0, 0.05) is 51.7 Å². The summed E-state index contributed by atoms with van der Waals surface area (Å²) in [6, 6.07) is 10.5. The summed E-state index contributed by atoms with van der Waals surface area (Å²) in [5.74, 6) is 0.537. The van der Waals surface area contributed by atoms with Crippen LogP contribution in [0.15, 0.2) is 41.1 Å². The zero-order valence-electron chi connectivity index (χ0n) is 17.2. The molecule has 1 amide bonds. The number of nitrogens with zero attached hydrogens (tertiary/aromatic N) is 4. The summed E-state index contributed by atoms with van der Waals surface area (Å²) in [7, 11) is 0. The molecule has 4 heterocycles. The van der Waals surface area contributed by atoms with Gasteiger partial charge in [-0.2, -0.15) is 11.3 Å². The Hall–Kier alpha value is -1.96. The summed E-state index contributed by atoms with van der Waals surface area (Å²) in [5.41, 5.74) is 2.47. The summed E-state index contributed by atoms with van der Waals surface area (Å²) >= 11 is 3.52. The van der Waals surface area contributed by atoms with Crippen molar-refractivity contribution in [2.45, 2.75) is 25.8 Å². The molecule has 0 saturated carbocycles. The van der Waals surface area contributed by atoms with Crippen LogP contribution < -0.4 is 4.90 Å². The average molecular weight is 441 g/mol. The third kappa shape index (κ3) is 4.38. The van der Waals surface area contributed by atoms with E-state index in [1.807, 2.05) is 6.07 Å². The Labute approximate surface area is 185 Å². The number of benzene rings is 1. The first kappa shape index (κ1) is 20.0. The van der Waals surface area contributed by atoms with Crippen LogP contribution in [0, 0.1) is 5.92 Å². The first-order valence-electron chi connectivity index (χ1n) is 10.9. The highest BCUT2D eigenvalue weighted by atomic mass is 32.1. The van der Waals surface area contributed by atoms with E-state index in [1.54, 1.807) is 22.7 Å². The lowest BCUT2D eigenvalue weighted by Gasteiger charge is -2.33. The number of hydrogen-bond donors (Lipinski definition) is 0. The largest absolute Gasteiger partial charge is 0.348 e. The number of carbonyl (C=O) groups is 1. The Bertz CT molecular complexity index is 945.